The maximum atomic E-state index is 13.5. The van der Waals surface area contributed by atoms with E-state index in [2.05, 4.69) is 44.3 Å². The predicted octanol–water partition coefficient (Wildman–Crippen LogP) is 3.96. The van der Waals surface area contributed by atoms with Gasteiger partial charge in [-0.05, 0) is 58.6 Å². The van der Waals surface area contributed by atoms with Gasteiger partial charge in [-0.1, -0.05) is 18.2 Å². The molecule has 8 nitrogen and oxygen atoms in total. The molecule has 1 unspecified atom stereocenters. The number of methoxy groups -OCH3 is 1. The number of rotatable bonds is 6. The smallest absolute Gasteiger partial charge is 0.256 e. The van der Waals surface area contributed by atoms with Crippen LogP contribution in [0.25, 0.3) is 10.9 Å². The maximum Gasteiger partial charge on any atom is 0.256 e. The SMILES string of the molecule is COc1cc(C)[nH]c(=O)c1CNC(=O)c1c(C)n(CC2CCn3c(C)nc(C)c3C2)c2ccccc12. The average Bonchev–Trinajstić information content (AvgIpc) is 3.30. The van der Waals surface area contributed by atoms with Crippen LogP contribution in [0.2, 0.25) is 0 Å². The van der Waals surface area contributed by atoms with E-state index in [0.717, 1.165) is 54.0 Å². The Morgan fingerprint density at radius 3 is 2.78 bits per heavy atom. The summed E-state index contributed by atoms with van der Waals surface area (Å²) in [6.45, 7) is 9.88. The fourth-order valence-corrected chi connectivity index (χ4v) is 5.66. The molecule has 36 heavy (non-hydrogen) atoms. The first kappa shape index (κ1) is 23.9. The number of carbonyl (C=O) groups is 1. The van der Waals surface area contributed by atoms with E-state index in [-0.39, 0.29) is 18.0 Å². The van der Waals surface area contributed by atoms with Crippen LogP contribution in [0.5, 0.6) is 5.75 Å². The van der Waals surface area contributed by atoms with Gasteiger partial charge in [-0.15, -0.1) is 0 Å². The third-order valence-corrected chi connectivity index (χ3v) is 7.48. The van der Waals surface area contributed by atoms with E-state index in [1.54, 1.807) is 13.0 Å². The number of fused-ring (bicyclic) bond motifs is 2. The number of aryl methyl sites for hydroxylation is 3. The highest BCUT2D eigenvalue weighted by molar-refractivity contribution is 6.08. The number of aromatic amines is 1. The second-order valence-electron chi connectivity index (χ2n) is 9.80. The molecular formula is C28H33N5O3. The summed E-state index contributed by atoms with van der Waals surface area (Å²) in [6, 6.07) is 9.81. The van der Waals surface area contributed by atoms with Crippen LogP contribution in [-0.2, 0) is 26.1 Å². The molecule has 1 atom stereocenters. The first-order valence-electron chi connectivity index (χ1n) is 12.4. The average molecular weight is 488 g/mol. The number of carbonyl (C=O) groups excluding carboxylic acids is 1. The number of aromatic nitrogens is 4. The predicted molar refractivity (Wildman–Crippen MR) is 140 cm³/mol. The van der Waals surface area contributed by atoms with Crippen molar-refractivity contribution in [2.45, 2.75) is 60.2 Å². The Labute approximate surface area is 210 Å². The molecule has 0 spiro atoms. The quantitative estimate of drug-likeness (QED) is 0.431. The zero-order valence-corrected chi connectivity index (χ0v) is 21.6. The lowest BCUT2D eigenvalue weighted by molar-refractivity contribution is 0.0951. The maximum absolute atomic E-state index is 13.5. The molecule has 4 aromatic rings. The van der Waals surface area contributed by atoms with Gasteiger partial charge in [-0.25, -0.2) is 4.98 Å². The highest BCUT2D eigenvalue weighted by atomic mass is 16.5. The van der Waals surface area contributed by atoms with Crippen LogP contribution in [0.3, 0.4) is 0 Å². The van der Waals surface area contributed by atoms with E-state index in [1.165, 1.54) is 12.8 Å². The number of hydrogen-bond acceptors (Lipinski definition) is 4. The van der Waals surface area contributed by atoms with Gasteiger partial charge < -0.3 is 24.2 Å². The third-order valence-electron chi connectivity index (χ3n) is 7.48. The number of benzene rings is 1. The van der Waals surface area contributed by atoms with Crippen molar-refractivity contribution in [2.75, 3.05) is 7.11 Å². The molecule has 1 aromatic carbocycles. The van der Waals surface area contributed by atoms with Crippen molar-refractivity contribution in [3.8, 4) is 5.75 Å². The fourth-order valence-electron chi connectivity index (χ4n) is 5.66. The number of pyridine rings is 1. The van der Waals surface area contributed by atoms with Gasteiger partial charge in [-0.3, -0.25) is 9.59 Å². The Morgan fingerprint density at radius 1 is 1.22 bits per heavy atom. The Bertz CT molecular complexity index is 1520. The molecule has 3 aromatic heterocycles. The van der Waals surface area contributed by atoms with Gasteiger partial charge in [0.25, 0.3) is 11.5 Å². The molecule has 0 radical (unpaired) electrons. The molecule has 0 saturated carbocycles. The summed E-state index contributed by atoms with van der Waals surface area (Å²) in [4.78, 5) is 33.4. The van der Waals surface area contributed by atoms with Crippen molar-refractivity contribution in [3.63, 3.8) is 0 Å². The van der Waals surface area contributed by atoms with Gasteiger partial charge in [0.05, 0.1) is 30.5 Å². The topological polar surface area (TPSA) is 93.9 Å². The Kier molecular flexibility index (Phi) is 6.20. The van der Waals surface area contributed by atoms with Crippen molar-refractivity contribution < 1.29 is 9.53 Å². The summed E-state index contributed by atoms with van der Waals surface area (Å²) < 4.78 is 10.0. The normalized spacial score (nSPS) is 15.2. The highest BCUT2D eigenvalue weighted by Gasteiger charge is 2.26. The second kappa shape index (κ2) is 9.33. The number of imidazole rings is 1. The van der Waals surface area contributed by atoms with Gasteiger partial charge in [0, 0.05) is 41.1 Å². The van der Waals surface area contributed by atoms with Gasteiger partial charge in [-0.2, -0.15) is 0 Å². The van der Waals surface area contributed by atoms with Gasteiger partial charge >= 0.3 is 0 Å². The van der Waals surface area contributed by atoms with Crippen molar-refractivity contribution in [1.82, 2.24) is 24.4 Å². The molecule has 1 aliphatic rings. The second-order valence-corrected chi connectivity index (χ2v) is 9.80. The first-order valence-corrected chi connectivity index (χ1v) is 12.4. The van der Waals surface area contributed by atoms with Crippen molar-refractivity contribution in [1.29, 1.82) is 0 Å². The minimum atomic E-state index is -0.256. The van der Waals surface area contributed by atoms with E-state index in [9.17, 15) is 9.59 Å². The number of hydrogen-bond donors (Lipinski definition) is 2. The zero-order chi connectivity index (χ0) is 25.6. The van der Waals surface area contributed by atoms with Crippen molar-refractivity contribution in [3.05, 3.63) is 80.4 Å². The minimum Gasteiger partial charge on any atom is -0.496 e. The number of amides is 1. The first-order chi connectivity index (χ1) is 17.3. The number of nitrogens with one attached hydrogen (secondary N) is 2. The molecule has 0 bridgehead atoms. The van der Waals surface area contributed by atoms with E-state index in [4.69, 9.17) is 4.74 Å². The number of H-pyrrole nitrogens is 1. The molecule has 0 aliphatic carbocycles. The van der Waals surface area contributed by atoms with Gasteiger partial charge in [0.15, 0.2) is 0 Å². The summed E-state index contributed by atoms with van der Waals surface area (Å²) in [5.41, 5.74) is 5.95. The van der Waals surface area contributed by atoms with E-state index < -0.39 is 0 Å². The molecule has 2 N–H and O–H groups in total. The lowest BCUT2D eigenvalue weighted by atomic mass is 9.94. The van der Waals surface area contributed by atoms with Crippen LogP contribution < -0.4 is 15.6 Å². The van der Waals surface area contributed by atoms with Crippen LogP contribution in [0.1, 0.15) is 50.9 Å². The highest BCUT2D eigenvalue weighted by Crippen LogP contribution is 2.31. The number of ether oxygens (including phenoxy) is 1. The lowest BCUT2D eigenvalue weighted by Gasteiger charge is -2.26. The van der Waals surface area contributed by atoms with Gasteiger partial charge in [0.1, 0.15) is 11.6 Å². The Morgan fingerprint density at radius 2 is 2.00 bits per heavy atom. The van der Waals surface area contributed by atoms with E-state index in [0.29, 0.717) is 28.5 Å². The van der Waals surface area contributed by atoms with E-state index >= 15 is 0 Å². The van der Waals surface area contributed by atoms with Crippen LogP contribution in [0.15, 0.2) is 35.1 Å². The molecule has 0 fully saturated rings. The van der Waals surface area contributed by atoms with E-state index in [1.807, 2.05) is 25.1 Å². The van der Waals surface area contributed by atoms with Crippen LogP contribution in [-0.4, -0.2) is 32.1 Å². The standard InChI is InChI=1S/C28H33N5O3/c1-16-12-25(36-5)22(27(34)30-16)14-29-28(35)26-18(3)33(23-9-7-6-8-21(23)26)15-20-10-11-32-19(4)31-17(2)24(32)13-20/h6-9,12,20H,10-11,13-15H2,1-5H3,(H,29,35)(H,30,34). The number of para-hydroxylation sites is 1. The Hall–Kier alpha value is -3.81. The van der Waals surface area contributed by atoms with Crippen molar-refractivity contribution >= 4 is 16.8 Å². The van der Waals surface area contributed by atoms with Crippen LogP contribution >= 0.6 is 0 Å². The molecule has 0 saturated heterocycles. The largest absolute Gasteiger partial charge is 0.496 e. The lowest BCUT2D eigenvalue weighted by Crippen LogP contribution is -2.28. The molecule has 1 aliphatic heterocycles. The molecular weight excluding hydrogens is 454 g/mol. The monoisotopic (exact) mass is 487 g/mol. The molecule has 1 amide bonds. The molecule has 4 heterocycles. The summed E-state index contributed by atoms with van der Waals surface area (Å²) in [5, 5.41) is 3.88. The summed E-state index contributed by atoms with van der Waals surface area (Å²) in [6.07, 6.45) is 2.06. The fraction of sp³-hybridized carbons (Fsp3) is 0.393. The van der Waals surface area contributed by atoms with Crippen LogP contribution in [0, 0.1) is 33.6 Å². The van der Waals surface area contributed by atoms with Gasteiger partial charge in [0.2, 0.25) is 0 Å². The molecule has 5 rings (SSSR count). The van der Waals surface area contributed by atoms with Crippen molar-refractivity contribution in [2.24, 2.45) is 5.92 Å². The summed E-state index contributed by atoms with van der Waals surface area (Å²) >= 11 is 0. The zero-order valence-electron chi connectivity index (χ0n) is 21.6. The minimum absolute atomic E-state index is 0.0851. The summed E-state index contributed by atoms with van der Waals surface area (Å²) in [7, 11) is 1.53. The number of nitrogens with zero attached hydrogens (tertiary/aromatic N) is 3. The molecule has 8 heteroatoms. The Balaban J connectivity index is 1.43. The van der Waals surface area contributed by atoms with Crippen LogP contribution in [0.4, 0.5) is 0 Å². The third kappa shape index (κ3) is 4.10. The summed E-state index contributed by atoms with van der Waals surface area (Å²) in [5.74, 6) is 1.83. The molecule has 188 valence electrons.